The third kappa shape index (κ3) is 3.06. The smallest absolute Gasteiger partial charge is 0.349 e. The molecule has 0 bridgehead atoms. The molecule has 1 amide bonds. The van der Waals surface area contributed by atoms with E-state index in [1.54, 1.807) is 29.7 Å². The fraction of sp³-hybridized carbons (Fsp3) is 0.263. The summed E-state index contributed by atoms with van der Waals surface area (Å²) in [6, 6.07) is 5.26. The lowest BCUT2D eigenvalue weighted by molar-refractivity contribution is -0.119. The van der Waals surface area contributed by atoms with Gasteiger partial charge in [0.1, 0.15) is 26.6 Å². The minimum Gasteiger partial charge on any atom is -0.451 e. The normalized spacial score (nSPS) is 13.0. The number of aryl methyl sites for hydroxylation is 2. The predicted molar refractivity (Wildman–Crippen MR) is 113 cm³/mol. The minimum atomic E-state index is -0.649. The number of hydrogen-bond acceptors (Lipinski definition) is 9. The van der Waals surface area contributed by atoms with Crippen LogP contribution in [0.15, 0.2) is 23.0 Å². The number of nitrogens with one attached hydrogen (secondary N) is 1. The first-order chi connectivity index (χ1) is 14.5. The van der Waals surface area contributed by atoms with Crippen LogP contribution in [0.3, 0.4) is 0 Å². The molecule has 0 radical (unpaired) electrons. The summed E-state index contributed by atoms with van der Waals surface area (Å²) >= 11 is 2.18. The summed E-state index contributed by atoms with van der Waals surface area (Å²) in [6.45, 7) is 1.90. The topological polar surface area (TPSA) is 116 Å². The number of aromatic nitrogens is 4. The van der Waals surface area contributed by atoms with E-state index in [9.17, 15) is 14.4 Å². The van der Waals surface area contributed by atoms with E-state index in [2.05, 4.69) is 19.0 Å². The molecule has 152 valence electrons. The Morgan fingerprint density at radius 3 is 3.03 bits per heavy atom. The summed E-state index contributed by atoms with van der Waals surface area (Å²) < 4.78 is 15.1. The van der Waals surface area contributed by atoms with Gasteiger partial charge in [-0.25, -0.2) is 9.78 Å². The first kappa shape index (κ1) is 18.8. The van der Waals surface area contributed by atoms with Gasteiger partial charge in [0.25, 0.3) is 11.5 Å². The van der Waals surface area contributed by atoms with Crippen molar-refractivity contribution in [2.75, 3.05) is 11.9 Å². The summed E-state index contributed by atoms with van der Waals surface area (Å²) in [4.78, 5) is 42.9. The van der Waals surface area contributed by atoms with Crippen LogP contribution in [0.5, 0.6) is 0 Å². The van der Waals surface area contributed by atoms with Gasteiger partial charge >= 0.3 is 5.97 Å². The summed E-state index contributed by atoms with van der Waals surface area (Å²) in [5.41, 5.74) is 2.19. The van der Waals surface area contributed by atoms with Crippen LogP contribution < -0.4 is 10.9 Å². The Bertz CT molecular complexity index is 1390. The SMILES string of the molecule is Cc1c(C(=O)OCC(=O)Nc2cccc3nsnc23)sc2nc3n(c(=O)c12)CCC3. The molecule has 1 N–H and O–H groups in total. The minimum absolute atomic E-state index is 0.122. The molecule has 1 aromatic carbocycles. The zero-order valence-electron chi connectivity index (χ0n) is 15.8. The second-order valence-corrected chi connectivity index (χ2v) is 8.41. The highest BCUT2D eigenvalue weighted by atomic mass is 32.1. The molecule has 1 aliphatic heterocycles. The van der Waals surface area contributed by atoms with E-state index in [4.69, 9.17) is 4.74 Å². The van der Waals surface area contributed by atoms with Gasteiger partial charge in [0, 0.05) is 13.0 Å². The van der Waals surface area contributed by atoms with E-state index in [-0.39, 0.29) is 10.4 Å². The van der Waals surface area contributed by atoms with Crippen molar-refractivity contribution < 1.29 is 14.3 Å². The van der Waals surface area contributed by atoms with E-state index in [1.165, 1.54) is 0 Å². The van der Waals surface area contributed by atoms with Gasteiger partial charge in [-0.1, -0.05) is 6.07 Å². The standard InChI is InChI=1S/C19H15N5O4S2/c1-9-14-17(21-12-6-3-7-24(12)18(14)26)29-16(9)19(27)28-8-13(25)20-10-4-2-5-11-15(10)23-30-22-11/h2,4-5H,3,6-8H2,1H3,(H,20,25). The van der Waals surface area contributed by atoms with Gasteiger partial charge in [0.15, 0.2) is 6.61 Å². The first-order valence-electron chi connectivity index (χ1n) is 9.24. The molecule has 4 aromatic rings. The maximum atomic E-state index is 12.7. The van der Waals surface area contributed by atoms with Crippen molar-refractivity contribution in [2.45, 2.75) is 26.3 Å². The molecule has 4 heterocycles. The van der Waals surface area contributed by atoms with Crippen LogP contribution >= 0.6 is 23.1 Å². The van der Waals surface area contributed by atoms with Gasteiger partial charge in [0.05, 0.1) is 22.8 Å². The van der Waals surface area contributed by atoms with E-state index in [0.717, 1.165) is 41.7 Å². The number of ether oxygens (including phenoxy) is 1. The number of amides is 1. The van der Waals surface area contributed by atoms with Crippen molar-refractivity contribution in [2.24, 2.45) is 0 Å². The molecule has 5 rings (SSSR count). The zero-order valence-corrected chi connectivity index (χ0v) is 17.4. The third-order valence-electron chi connectivity index (χ3n) is 4.99. The summed E-state index contributed by atoms with van der Waals surface area (Å²) in [7, 11) is 0. The Hall–Kier alpha value is -3.18. The fourth-order valence-corrected chi connectivity index (χ4v) is 5.19. The molecule has 1 aliphatic rings. The maximum Gasteiger partial charge on any atom is 0.349 e. The molecular weight excluding hydrogens is 426 g/mol. The fourth-order valence-electron chi connectivity index (χ4n) is 3.56. The molecule has 30 heavy (non-hydrogen) atoms. The van der Waals surface area contributed by atoms with Crippen LogP contribution in [0.2, 0.25) is 0 Å². The van der Waals surface area contributed by atoms with E-state index >= 15 is 0 Å². The van der Waals surface area contributed by atoms with Crippen molar-refractivity contribution >= 4 is 61.9 Å². The highest BCUT2D eigenvalue weighted by molar-refractivity contribution is 7.20. The lowest BCUT2D eigenvalue weighted by Crippen LogP contribution is -2.21. The second-order valence-electron chi connectivity index (χ2n) is 6.89. The highest BCUT2D eigenvalue weighted by Gasteiger charge is 2.24. The number of thiophene rings is 1. The average molecular weight is 441 g/mol. The monoisotopic (exact) mass is 441 g/mol. The van der Waals surface area contributed by atoms with Crippen LogP contribution in [0.1, 0.15) is 27.5 Å². The van der Waals surface area contributed by atoms with E-state index in [0.29, 0.717) is 39.0 Å². The molecule has 3 aromatic heterocycles. The summed E-state index contributed by atoms with van der Waals surface area (Å²) in [5, 5.41) is 3.13. The maximum absolute atomic E-state index is 12.7. The quantitative estimate of drug-likeness (QED) is 0.484. The number of hydrogen-bond donors (Lipinski definition) is 1. The van der Waals surface area contributed by atoms with Crippen LogP contribution in [-0.2, 0) is 22.5 Å². The van der Waals surface area contributed by atoms with Crippen LogP contribution in [0.25, 0.3) is 21.3 Å². The average Bonchev–Trinajstić information content (AvgIpc) is 3.45. The van der Waals surface area contributed by atoms with Gasteiger partial charge in [-0.05, 0) is 31.0 Å². The predicted octanol–water partition coefficient (Wildman–Crippen LogP) is 2.51. The Morgan fingerprint density at radius 1 is 1.30 bits per heavy atom. The van der Waals surface area contributed by atoms with Crippen molar-refractivity contribution in [3.63, 3.8) is 0 Å². The largest absolute Gasteiger partial charge is 0.451 e. The Kier molecular flexibility index (Phi) is 4.55. The van der Waals surface area contributed by atoms with Crippen molar-refractivity contribution in [3.05, 3.63) is 44.8 Å². The Morgan fingerprint density at radius 2 is 2.17 bits per heavy atom. The Labute approximate surface area is 177 Å². The molecule has 0 saturated carbocycles. The van der Waals surface area contributed by atoms with Crippen LogP contribution in [0, 0.1) is 6.92 Å². The number of fused-ring (bicyclic) bond motifs is 3. The number of carbonyl (C=O) groups excluding carboxylic acids is 2. The Balaban J connectivity index is 1.33. The summed E-state index contributed by atoms with van der Waals surface area (Å²) in [6.07, 6.45) is 1.65. The molecule has 0 unspecified atom stereocenters. The van der Waals surface area contributed by atoms with E-state index in [1.807, 2.05) is 0 Å². The van der Waals surface area contributed by atoms with Crippen molar-refractivity contribution in [1.82, 2.24) is 18.3 Å². The number of carbonyl (C=O) groups is 2. The second kappa shape index (κ2) is 7.26. The molecule has 0 saturated heterocycles. The van der Waals surface area contributed by atoms with Gasteiger partial charge in [-0.3, -0.25) is 14.2 Å². The highest BCUT2D eigenvalue weighted by Crippen LogP contribution is 2.29. The van der Waals surface area contributed by atoms with E-state index < -0.39 is 18.5 Å². The van der Waals surface area contributed by atoms with Crippen molar-refractivity contribution in [1.29, 1.82) is 0 Å². The zero-order chi connectivity index (χ0) is 20.8. The number of esters is 1. The van der Waals surface area contributed by atoms with Gasteiger partial charge in [-0.2, -0.15) is 8.75 Å². The number of anilines is 1. The third-order valence-corrected chi connectivity index (χ3v) is 6.70. The van der Waals surface area contributed by atoms with Gasteiger partial charge in [0.2, 0.25) is 0 Å². The molecular formula is C19H15N5O4S2. The molecule has 0 aliphatic carbocycles. The van der Waals surface area contributed by atoms with Crippen LogP contribution in [-0.4, -0.2) is 36.8 Å². The van der Waals surface area contributed by atoms with Crippen molar-refractivity contribution in [3.8, 4) is 0 Å². The lowest BCUT2D eigenvalue weighted by Gasteiger charge is -2.06. The molecule has 11 heteroatoms. The first-order valence-corrected chi connectivity index (χ1v) is 10.8. The number of nitrogens with zero attached hydrogens (tertiary/aromatic N) is 4. The van der Waals surface area contributed by atoms with Gasteiger partial charge in [-0.15, -0.1) is 11.3 Å². The molecule has 0 spiro atoms. The van der Waals surface area contributed by atoms with Crippen LogP contribution in [0.4, 0.5) is 5.69 Å². The van der Waals surface area contributed by atoms with Gasteiger partial charge < -0.3 is 10.1 Å². The number of benzene rings is 1. The molecule has 9 nitrogen and oxygen atoms in total. The molecule has 0 fully saturated rings. The lowest BCUT2D eigenvalue weighted by atomic mass is 10.2. The number of rotatable bonds is 4. The summed E-state index contributed by atoms with van der Waals surface area (Å²) in [5.74, 6) is -0.387. The molecule has 0 atom stereocenters.